The molecule has 1 heterocycles. The number of anilines is 1. The van der Waals surface area contributed by atoms with Crippen LogP contribution < -0.4 is 19.5 Å². The maximum Gasteiger partial charge on any atom is 0.254 e. The lowest BCUT2D eigenvalue weighted by Crippen LogP contribution is -2.40. The van der Waals surface area contributed by atoms with Crippen molar-refractivity contribution in [2.45, 2.75) is 13.8 Å². The van der Waals surface area contributed by atoms with Gasteiger partial charge in [-0.1, -0.05) is 26.0 Å². The van der Waals surface area contributed by atoms with Gasteiger partial charge in [-0.05, 0) is 66.6 Å². The molecule has 0 aliphatic carbocycles. The maximum absolute atomic E-state index is 13.4. The van der Waals surface area contributed by atoms with Crippen LogP contribution in [-0.4, -0.2) is 60.7 Å². The Kier molecular flexibility index (Phi) is 9.06. The Balaban J connectivity index is 1.62. The average Bonchev–Trinajstić information content (AvgIpc) is 3.39. The van der Waals surface area contributed by atoms with E-state index in [0.717, 1.165) is 11.3 Å². The van der Waals surface area contributed by atoms with E-state index in [4.69, 9.17) is 19.2 Å². The molecule has 0 fully saturated rings. The third-order valence-corrected chi connectivity index (χ3v) is 6.22. The van der Waals surface area contributed by atoms with E-state index >= 15 is 0 Å². The SMILES string of the molecule is COc1ccc(C(=O)N(CC(=O)Nc2nc(-c3cccc(OC)c3)cn2-c2ccc(OC)cc2)CC(C)C)cc1. The summed E-state index contributed by atoms with van der Waals surface area (Å²) in [6.07, 6.45) is 1.85. The normalized spacial score (nSPS) is 10.8. The topological polar surface area (TPSA) is 94.9 Å². The first-order valence-corrected chi connectivity index (χ1v) is 12.9. The first-order chi connectivity index (χ1) is 19.3. The number of amides is 2. The lowest BCUT2D eigenvalue weighted by atomic mass is 10.1. The standard InChI is InChI=1S/C31H34N4O5/c1-21(2)18-34(30(37)22-9-13-25(38-3)14-10-22)20-29(36)33-31-32-28(23-7-6-8-27(17-23)40-5)19-35(31)24-11-15-26(39-4)16-12-24/h6-17,19,21H,18,20H2,1-5H3,(H,32,33,36). The Morgan fingerprint density at radius 3 is 2.10 bits per heavy atom. The van der Waals surface area contributed by atoms with Crippen molar-refractivity contribution < 1.29 is 23.8 Å². The number of carbonyl (C=O) groups excluding carboxylic acids is 2. The van der Waals surface area contributed by atoms with Crippen molar-refractivity contribution >= 4 is 17.8 Å². The fourth-order valence-corrected chi connectivity index (χ4v) is 4.24. The number of hydrogen-bond donors (Lipinski definition) is 1. The Labute approximate surface area is 234 Å². The molecule has 9 nitrogen and oxygen atoms in total. The smallest absolute Gasteiger partial charge is 0.254 e. The summed E-state index contributed by atoms with van der Waals surface area (Å²) >= 11 is 0. The van der Waals surface area contributed by atoms with Gasteiger partial charge in [0.15, 0.2) is 0 Å². The molecule has 0 saturated carbocycles. The van der Waals surface area contributed by atoms with Crippen LogP contribution in [0.4, 0.5) is 5.95 Å². The number of hydrogen-bond acceptors (Lipinski definition) is 6. The zero-order valence-corrected chi connectivity index (χ0v) is 23.4. The highest BCUT2D eigenvalue weighted by Gasteiger charge is 2.22. The molecular formula is C31H34N4O5. The van der Waals surface area contributed by atoms with Crippen LogP contribution >= 0.6 is 0 Å². The Hall–Kier alpha value is -4.79. The molecule has 0 bridgehead atoms. The minimum absolute atomic E-state index is 0.132. The zero-order chi connectivity index (χ0) is 28.6. The van der Waals surface area contributed by atoms with Gasteiger partial charge in [0.1, 0.15) is 23.8 Å². The molecule has 40 heavy (non-hydrogen) atoms. The molecule has 2 amide bonds. The monoisotopic (exact) mass is 542 g/mol. The van der Waals surface area contributed by atoms with Crippen LogP contribution in [-0.2, 0) is 4.79 Å². The van der Waals surface area contributed by atoms with Crippen LogP contribution in [0.2, 0.25) is 0 Å². The van der Waals surface area contributed by atoms with Crippen LogP contribution in [0.5, 0.6) is 17.2 Å². The summed E-state index contributed by atoms with van der Waals surface area (Å²) in [6, 6.07) is 21.8. The van der Waals surface area contributed by atoms with Crippen molar-refractivity contribution in [3.05, 3.63) is 84.6 Å². The van der Waals surface area contributed by atoms with E-state index in [9.17, 15) is 9.59 Å². The second-order valence-electron chi connectivity index (χ2n) is 9.61. The Bertz CT molecular complexity index is 1450. The molecule has 208 valence electrons. The van der Waals surface area contributed by atoms with E-state index in [1.807, 2.05) is 68.6 Å². The van der Waals surface area contributed by atoms with Gasteiger partial charge in [0.25, 0.3) is 5.91 Å². The van der Waals surface area contributed by atoms with Crippen molar-refractivity contribution in [1.29, 1.82) is 0 Å². The van der Waals surface area contributed by atoms with Gasteiger partial charge in [-0.2, -0.15) is 0 Å². The number of rotatable bonds is 11. The van der Waals surface area contributed by atoms with Crippen molar-refractivity contribution in [1.82, 2.24) is 14.5 Å². The number of aromatic nitrogens is 2. The van der Waals surface area contributed by atoms with E-state index in [1.54, 1.807) is 55.1 Å². The zero-order valence-electron chi connectivity index (χ0n) is 23.4. The van der Waals surface area contributed by atoms with Crippen LogP contribution in [0.15, 0.2) is 79.0 Å². The van der Waals surface area contributed by atoms with E-state index < -0.39 is 0 Å². The highest BCUT2D eigenvalue weighted by molar-refractivity contribution is 5.99. The third kappa shape index (κ3) is 6.79. The maximum atomic E-state index is 13.4. The van der Waals surface area contributed by atoms with Gasteiger partial charge < -0.3 is 19.1 Å². The number of nitrogens with one attached hydrogen (secondary N) is 1. The summed E-state index contributed by atoms with van der Waals surface area (Å²) in [7, 11) is 4.79. The lowest BCUT2D eigenvalue weighted by molar-refractivity contribution is -0.117. The summed E-state index contributed by atoms with van der Waals surface area (Å²) in [5, 5.41) is 2.92. The van der Waals surface area contributed by atoms with Crippen molar-refractivity contribution in [3.8, 4) is 34.2 Å². The summed E-state index contributed by atoms with van der Waals surface area (Å²) in [5.74, 6) is 1.96. The first-order valence-electron chi connectivity index (χ1n) is 12.9. The summed E-state index contributed by atoms with van der Waals surface area (Å²) in [6.45, 7) is 4.29. The molecule has 9 heteroatoms. The predicted octanol–water partition coefficient (Wildman–Crippen LogP) is 5.30. The van der Waals surface area contributed by atoms with Gasteiger partial charge in [0, 0.05) is 29.6 Å². The number of nitrogens with zero attached hydrogens (tertiary/aromatic N) is 3. The second-order valence-corrected chi connectivity index (χ2v) is 9.61. The molecule has 0 aliphatic heterocycles. The minimum Gasteiger partial charge on any atom is -0.497 e. The van der Waals surface area contributed by atoms with Crippen molar-refractivity contribution in [3.63, 3.8) is 0 Å². The third-order valence-electron chi connectivity index (χ3n) is 6.22. The van der Waals surface area contributed by atoms with Crippen molar-refractivity contribution in [2.24, 2.45) is 5.92 Å². The fourth-order valence-electron chi connectivity index (χ4n) is 4.24. The number of ether oxygens (including phenoxy) is 3. The summed E-state index contributed by atoms with van der Waals surface area (Å²) in [5.41, 5.74) is 2.75. The largest absolute Gasteiger partial charge is 0.497 e. The molecule has 4 aromatic rings. The van der Waals surface area contributed by atoms with Crippen molar-refractivity contribution in [2.75, 3.05) is 39.7 Å². The lowest BCUT2D eigenvalue weighted by Gasteiger charge is -2.24. The first kappa shape index (κ1) is 28.2. The summed E-state index contributed by atoms with van der Waals surface area (Å²) < 4.78 is 17.7. The molecule has 1 aromatic heterocycles. The van der Waals surface area contributed by atoms with E-state index in [-0.39, 0.29) is 24.3 Å². The number of carbonyl (C=O) groups is 2. The molecule has 0 atom stereocenters. The molecule has 0 unspecified atom stereocenters. The second kappa shape index (κ2) is 12.8. The van der Waals surface area contributed by atoms with Crippen LogP contribution in [0.1, 0.15) is 24.2 Å². The minimum atomic E-state index is -0.361. The molecule has 0 spiro atoms. The van der Waals surface area contributed by atoms with Gasteiger partial charge in [0.05, 0.1) is 27.0 Å². The molecule has 0 saturated heterocycles. The quantitative estimate of drug-likeness (QED) is 0.276. The number of imidazole rings is 1. The molecule has 0 radical (unpaired) electrons. The van der Waals surface area contributed by atoms with Crippen LogP contribution in [0.3, 0.4) is 0 Å². The molecule has 4 rings (SSSR count). The summed E-state index contributed by atoms with van der Waals surface area (Å²) in [4.78, 5) is 33.0. The van der Waals surface area contributed by atoms with E-state index in [0.29, 0.717) is 41.0 Å². The van der Waals surface area contributed by atoms with Gasteiger partial charge in [0.2, 0.25) is 11.9 Å². The highest BCUT2D eigenvalue weighted by Crippen LogP contribution is 2.28. The molecule has 1 N–H and O–H groups in total. The fraction of sp³-hybridized carbons (Fsp3) is 0.258. The predicted molar refractivity (Wildman–Crippen MR) is 154 cm³/mol. The number of methoxy groups -OCH3 is 3. The van der Waals surface area contributed by atoms with Gasteiger partial charge in [-0.15, -0.1) is 0 Å². The van der Waals surface area contributed by atoms with Crippen LogP contribution in [0, 0.1) is 5.92 Å². The Morgan fingerprint density at radius 2 is 1.50 bits per heavy atom. The van der Waals surface area contributed by atoms with E-state index in [2.05, 4.69) is 5.32 Å². The van der Waals surface area contributed by atoms with Gasteiger partial charge >= 0.3 is 0 Å². The molecular weight excluding hydrogens is 508 g/mol. The van der Waals surface area contributed by atoms with Crippen LogP contribution in [0.25, 0.3) is 16.9 Å². The number of benzene rings is 3. The molecule has 3 aromatic carbocycles. The van der Waals surface area contributed by atoms with E-state index in [1.165, 1.54) is 0 Å². The van der Waals surface area contributed by atoms with Gasteiger partial charge in [-0.25, -0.2) is 4.98 Å². The molecule has 0 aliphatic rings. The van der Waals surface area contributed by atoms with Gasteiger partial charge in [-0.3, -0.25) is 19.5 Å². The average molecular weight is 543 g/mol. The highest BCUT2D eigenvalue weighted by atomic mass is 16.5. The Morgan fingerprint density at radius 1 is 0.875 bits per heavy atom.